The Kier molecular flexibility index (Phi) is 3.13. The number of rotatable bonds is 2. The molecule has 1 aliphatic rings. The summed E-state index contributed by atoms with van der Waals surface area (Å²) in [4.78, 5) is 0. The van der Waals surface area contributed by atoms with Crippen molar-refractivity contribution < 1.29 is 14.6 Å². The Hall–Kier alpha value is -2.00. The van der Waals surface area contributed by atoms with Gasteiger partial charge in [-0.2, -0.15) is 0 Å². The second-order valence-electron chi connectivity index (χ2n) is 4.68. The van der Waals surface area contributed by atoms with Crippen LogP contribution in [0.25, 0.3) is 0 Å². The Labute approximate surface area is 112 Å². The number of hydrogen-bond donors (Lipinski definition) is 1. The topological polar surface area (TPSA) is 38.7 Å². The van der Waals surface area contributed by atoms with E-state index < -0.39 is 6.29 Å². The van der Waals surface area contributed by atoms with Gasteiger partial charge in [0.15, 0.2) is 6.29 Å². The van der Waals surface area contributed by atoms with Crippen LogP contribution in [-0.4, -0.2) is 18.5 Å². The van der Waals surface area contributed by atoms with Gasteiger partial charge in [-0.05, 0) is 23.8 Å². The van der Waals surface area contributed by atoms with E-state index in [1.54, 1.807) is 7.11 Å². The number of ether oxygens (including phenoxy) is 2. The summed E-state index contributed by atoms with van der Waals surface area (Å²) < 4.78 is 10.8. The number of fused-ring (bicyclic) bond motifs is 1. The largest absolute Gasteiger partial charge is 0.497 e. The summed E-state index contributed by atoms with van der Waals surface area (Å²) in [7, 11) is 1.65. The molecule has 19 heavy (non-hydrogen) atoms. The van der Waals surface area contributed by atoms with Gasteiger partial charge in [-0.25, -0.2) is 0 Å². The van der Waals surface area contributed by atoms with Crippen LogP contribution in [-0.2, 0) is 0 Å². The molecule has 1 N–H and O–H groups in total. The van der Waals surface area contributed by atoms with E-state index in [0.717, 1.165) is 17.1 Å². The lowest BCUT2D eigenvalue weighted by molar-refractivity contribution is -0.0359. The van der Waals surface area contributed by atoms with E-state index in [4.69, 9.17) is 9.47 Å². The number of benzene rings is 2. The highest BCUT2D eigenvalue weighted by Gasteiger charge is 2.28. The predicted octanol–water partition coefficient (Wildman–Crippen LogP) is 2.93. The fraction of sp³-hybridized carbons (Fsp3) is 0.250. The van der Waals surface area contributed by atoms with Crippen molar-refractivity contribution >= 4 is 0 Å². The van der Waals surface area contributed by atoms with Gasteiger partial charge in [-0.3, -0.25) is 0 Å². The first-order valence-electron chi connectivity index (χ1n) is 6.35. The van der Waals surface area contributed by atoms with Crippen LogP contribution in [0.4, 0.5) is 0 Å². The second-order valence-corrected chi connectivity index (χ2v) is 4.68. The smallest absolute Gasteiger partial charge is 0.198 e. The van der Waals surface area contributed by atoms with Gasteiger partial charge in [0.1, 0.15) is 11.5 Å². The molecule has 0 aliphatic carbocycles. The van der Waals surface area contributed by atoms with Gasteiger partial charge in [0, 0.05) is 17.9 Å². The molecule has 3 nitrogen and oxygen atoms in total. The Morgan fingerprint density at radius 1 is 1.16 bits per heavy atom. The molecule has 0 bridgehead atoms. The quantitative estimate of drug-likeness (QED) is 0.897. The average Bonchev–Trinajstić information content (AvgIpc) is 2.47. The van der Waals surface area contributed by atoms with Crippen LogP contribution < -0.4 is 9.47 Å². The lowest BCUT2D eigenvalue weighted by atomic mass is 9.86. The van der Waals surface area contributed by atoms with Gasteiger partial charge in [0.25, 0.3) is 0 Å². The molecule has 3 rings (SSSR count). The second kappa shape index (κ2) is 4.94. The van der Waals surface area contributed by atoms with Gasteiger partial charge in [-0.1, -0.05) is 30.3 Å². The Morgan fingerprint density at radius 2 is 1.95 bits per heavy atom. The minimum absolute atomic E-state index is 0.134. The van der Waals surface area contributed by atoms with Crippen molar-refractivity contribution in [3.05, 3.63) is 59.7 Å². The van der Waals surface area contributed by atoms with Crippen molar-refractivity contribution in [2.24, 2.45) is 0 Å². The maximum Gasteiger partial charge on any atom is 0.198 e. The molecule has 0 amide bonds. The predicted molar refractivity (Wildman–Crippen MR) is 72.5 cm³/mol. The molecule has 3 heteroatoms. The summed E-state index contributed by atoms with van der Waals surface area (Å²) in [5.41, 5.74) is 2.25. The molecule has 2 aromatic rings. The lowest BCUT2D eigenvalue weighted by Gasteiger charge is -2.30. The summed E-state index contributed by atoms with van der Waals surface area (Å²) in [5.74, 6) is 1.67. The molecule has 0 spiro atoms. The van der Waals surface area contributed by atoms with Crippen molar-refractivity contribution in [3.8, 4) is 11.5 Å². The number of hydrogen-bond acceptors (Lipinski definition) is 3. The highest BCUT2D eigenvalue weighted by atomic mass is 16.6. The van der Waals surface area contributed by atoms with Crippen molar-refractivity contribution in [1.82, 2.24) is 0 Å². The zero-order valence-corrected chi connectivity index (χ0v) is 10.7. The maximum absolute atomic E-state index is 9.86. The van der Waals surface area contributed by atoms with Gasteiger partial charge in [-0.15, -0.1) is 0 Å². The van der Waals surface area contributed by atoms with E-state index in [0.29, 0.717) is 6.42 Å². The first kappa shape index (κ1) is 12.1. The number of methoxy groups -OCH3 is 1. The Morgan fingerprint density at radius 3 is 2.68 bits per heavy atom. The minimum atomic E-state index is -0.758. The Bertz CT molecular complexity index is 565. The normalized spacial score (nSPS) is 21.4. The molecule has 0 fully saturated rings. The van der Waals surface area contributed by atoms with Crippen molar-refractivity contribution in [1.29, 1.82) is 0 Å². The summed E-state index contributed by atoms with van der Waals surface area (Å²) in [6.07, 6.45) is -0.199. The molecule has 2 aromatic carbocycles. The zero-order chi connectivity index (χ0) is 13.2. The highest BCUT2D eigenvalue weighted by molar-refractivity contribution is 5.47. The number of aliphatic hydroxyl groups is 1. The Balaban J connectivity index is 2.07. The van der Waals surface area contributed by atoms with E-state index in [2.05, 4.69) is 12.1 Å². The fourth-order valence-electron chi connectivity index (χ4n) is 2.56. The van der Waals surface area contributed by atoms with Crippen LogP contribution in [0.2, 0.25) is 0 Å². The van der Waals surface area contributed by atoms with E-state index in [9.17, 15) is 5.11 Å². The van der Waals surface area contributed by atoms with Crippen LogP contribution in [0.15, 0.2) is 48.5 Å². The summed E-state index contributed by atoms with van der Waals surface area (Å²) in [6, 6.07) is 15.8. The minimum Gasteiger partial charge on any atom is -0.497 e. The molecular weight excluding hydrogens is 240 g/mol. The molecule has 1 heterocycles. The third-order valence-corrected chi connectivity index (χ3v) is 3.49. The zero-order valence-electron chi connectivity index (χ0n) is 10.7. The monoisotopic (exact) mass is 256 g/mol. The molecular formula is C16H16O3. The van der Waals surface area contributed by atoms with Crippen LogP contribution in [0, 0.1) is 0 Å². The molecule has 0 saturated carbocycles. The van der Waals surface area contributed by atoms with Gasteiger partial charge in [0.2, 0.25) is 0 Å². The third-order valence-electron chi connectivity index (χ3n) is 3.49. The fourth-order valence-corrected chi connectivity index (χ4v) is 2.56. The molecule has 2 atom stereocenters. The van der Waals surface area contributed by atoms with Crippen LogP contribution >= 0.6 is 0 Å². The molecule has 98 valence electrons. The third kappa shape index (κ3) is 2.29. The SMILES string of the molecule is COc1ccc2c(c1)C(c1ccccc1)CC(O)O2. The first-order valence-corrected chi connectivity index (χ1v) is 6.35. The molecule has 1 aliphatic heterocycles. The van der Waals surface area contributed by atoms with Gasteiger partial charge in [0.05, 0.1) is 7.11 Å². The first-order chi connectivity index (χ1) is 9.28. The van der Waals surface area contributed by atoms with Gasteiger partial charge >= 0.3 is 0 Å². The summed E-state index contributed by atoms with van der Waals surface area (Å²) in [6.45, 7) is 0. The number of aliphatic hydroxyl groups excluding tert-OH is 1. The van der Waals surface area contributed by atoms with Gasteiger partial charge < -0.3 is 14.6 Å². The van der Waals surface area contributed by atoms with Crippen LogP contribution in [0.1, 0.15) is 23.5 Å². The van der Waals surface area contributed by atoms with Crippen LogP contribution in [0.5, 0.6) is 11.5 Å². The van der Waals surface area contributed by atoms with E-state index >= 15 is 0 Å². The van der Waals surface area contributed by atoms with Crippen LogP contribution in [0.3, 0.4) is 0 Å². The van der Waals surface area contributed by atoms with E-state index in [1.165, 1.54) is 5.56 Å². The van der Waals surface area contributed by atoms with E-state index in [-0.39, 0.29) is 5.92 Å². The van der Waals surface area contributed by atoms with Crippen molar-refractivity contribution in [3.63, 3.8) is 0 Å². The molecule has 0 saturated heterocycles. The highest BCUT2D eigenvalue weighted by Crippen LogP contribution is 2.41. The van der Waals surface area contributed by atoms with E-state index in [1.807, 2.05) is 36.4 Å². The van der Waals surface area contributed by atoms with Crippen molar-refractivity contribution in [2.45, 2.75) is 18.6 Å². The molecule has 0 radical (unpaired) electrons. The average molecular weight is 256 g/mol. The summed E-state index contributed by atoms with van der Waals surface area (Å²) in [5, 5.41) is 9.86. The summed E-state index contributed by atoms with van der Waals surface area (Å²) >= 11 is 0. The lowest BCUT2D eigenvalue weighted by Crippen LogP contribution is -2.25. The van der Waals surface area contributed by atoms with Crippen molar-refractivity contribution in [2.75, 3.05) is 7.11 Å². The standard InChI is InChI=1S/C16H16O3/c1-18-12-7-8-15-14(9-12)13(10-16(17)19-15)11-5-3-2-4-6-11/h2-9,13,16-17H,10H2,1H3. The molecule has 0 aromatic heterocycles. The maximum atomic E-state index is 9.86. The molecule has 2 unspecified atom stereocenters.